The number of aryl methyl sites for hydroxylation is 1. The maximum Gasteiger partial charge on any atom is 0.266 e. The fraction of sp³-hybridized carbons (Fsp3) is 0.0526. The molecule has 12 heteroatoms. The zero-order valence-electron chi connectivity index (χ0n) is 15.8. The first-order valence-corrected chi connectivity index (χ1v) is 11.5. The molecule has 2 N–H and O–H groups in total. The molecule has 0 aliphatic rings. The van der Waals surface area contributed by atoms with E-state index in [1.165, 1.54) is 29.3 Å². The molecule has 2 heterocycles. The van der Waals surface area contributed by atoms with Crippen molar-refractivity contribution in [2.75, 3.05) is 9.62 Å². The highest BCUT2D eigenvalue weighted by Gasteiger charge is 2.24. The Morgan fingerprint density at radius 2 is 1.97 bits per heavy atom. The SMILES string of the molecule is Cc1cc(N(c2ccc(S(=O)(=O)Nc3nccs3)c(F)c2)c2ccc(F)cc2Cl)n[nH]1. The number of H-pyrrole nitrogens is 1. The van der Waals surface area contributed by atoms with E-state index in [4.69, 9.17) is 11.6 Å². The number of thiazole rings is 1. The van der Waals surface area contributed by atoms with E-state index < -0.39 is 26.6 Å². The summed E-state index contributed by atoms with van der Waals surface area (Å²) < 4.78 is 55.9. The first kappa shape index (κ1) is 21.2. The van der Waals surface area contributed by atoms with E-state index in [2.05, 4.69) is 19.9 Å². The standard InChI is InChI=1S/C19H14ClF2N5O2S2/c1-11-8-18(25-24-11)27(16-4-2-12(21)9-14(16)20)13-3-5-17(15(22)10-13)31(28,29)26-19-23-6-7-30-19/h2-10H,1H3,(H,23,26)(H,24,25). The summed E-state index contributed by atoms with van der Waals surface area (Å²) in [4.78, 5) is 4.78. The maximum atomic E-state index is 15.0. The zero-order valence-corrected chi connectivity index (χ0v) is 18.2. The van der Waals surface area contributed by atoms with Crippen molar-refractivity contribution in [3.8, 4) is 0 Å². The molecule has 0 saturated heterocycles. The monoisotopic (exact) mass is 481 g/mol. The second-order valence-electron chi connectivity index (χ2n) is 6.40. The van der Waals surface area contributed by atoms with Gasteiger partial charge in [-0.1, -0.05) is 11.6 Å². The average molecular weight is 482 g/mol. The Labute approximate surface area is 185 Å². The van der Waals surface area contributed by atoms with E-state index in [1.54, 1.807) is 18.4 Å². The van der Waals surface area contributed by atoms with Crippen LogP contribution < -0.4 is 9.62 Å². The minimum Gasteiger partial charge on any atom is -0.292 e. The molecular weight excluding hydrogens is 468 g/mol. The predicted molar refractivity (Wildman–Crippen MR) is 116 cm³/mol. The number of benzene rings is 2. The van der Waals surface area contributed by atoms with Crippen LogP contribution in [-0.2, 0) is 10.0 Å². The maximum absolute atomic E-state index is 15.0. The molecule has 160 valence electrons. The molecule has 2 aromatic carbocycles. The third-order valence-electron chi connectivity index (χ3n) is 4.19. The second-order valence-corrected chi connectivity index (χ2v) is 9.35. The van der Waals surface area contributed by atoms with Crippen molar-refractivity contribution in [1.82, 2.24) is 15.2 Å². The molecule has 7 nitrogen and oxygen atoms in total. The van der Waals surface area contributed by atoms with Crippen LogP contribution in [0.5, 0.6) is 0 Å². The molecular formula is C19H14ClF2N5O2S2. The van der Waals surface area contributed by atoms with Gasteiger partial charge in [0, 0.05) is 23.3 Å². The molecule has 0 atom stereocenters. The molecule has 0 saturated carbocycles. The van der Waals surface area contributed by atoms with E-state index in [0.29, 0.717) is 11.5 Å². The summed E-state index contributed by atoms with van der Waals surface area (Å²) in [6, 6.07) is 9.02. The van der Waals surface area contributed by atoms with Crippen LogP contribution in [0.1, 0.15) is 5.69 Å². The highest BCUT2D eigenvalue weighted by Crippen LogP contribution is 2.39. The molecule has 0 fully saturated rings. The lowest BCUT2D eigenvalue weighted by molar-refractivity contribution is 0.570. The number of hydrogen-bond acceptors (Lipinski definition) is 6. The van der Waals surface area contributed by atoms with Gasteiger partial charge < -0.3 is 0 Å². The van der Waals surface area contributed by atoms with Crippen LogP contribution in [0, 0.1) is 18.6 Å². The molecule has 4 rings (SSSR count). The quantitative estimate of drug-likeness (QED) is 0.386. The Kier molecular flexibility index (Phi) is 5.65. The van der Waals surface area contributed by atoms with Gasteiger partial charge in [-0.05, 0) is 43.3 Å². The van der Waals surface area contributed by atoms with Crippen LogP contribution >= 0.6 is 22.9 Å². The van der Waals surface area contributed by atoms with E-state index in [1.807, 2.05) is 0 Å². The first-order valence-electron chi connectivity index (χ1n) is 8.73. The Bertz CT molecular complexity index is 1340. The number of nitrogens with one attached hydrogen (secondary N) is 2. The topological polar surface area (TPSA) is 91.0 Å². The van der Waals surface area contributed by atoms with Gasteiger partial charge in [0.1, 0.15) is 16.5 Å². The van der Waals surface area contributed by atoms with Gasteiger partial charge in [-0.2, -0.15) is 5.10 Å². The Morgan fingerprint density at radius 1 is 1.16 bits per heavy atom. The summed E-state index contributed by atoms with van der Waals surface area (Å²) in [6.45, 7) is 1.78. The van der Waals surface area contributed by atoms with Crippen LogP contribution in [0.15, 0.2) is 58.9 Å². The molecule has 2 aromatic heterocycles. The highest BCUT2D eigenvalue weighted by molar-refractivity contribution is 7.93. The molecule has 4 aromatic rings. The summed E-state index contributed by atoms with van der Waals surface area (Å²) in [6.07, 6.45) is 1.43. The van der Waals surface area contributed by atoms with Gasteiger partial charge in [-0.3, -0.25) is 14.7 Å². The smallest absolute Gasteiger partial charge is 0.266 e. The fourth-order valence-electron chi connectivity index (χ4n) is 2.87. The number of sulfonamides is 1. The van der Waals surface area contributed by atoms with Gasteiger partial charge in [0.2, 0.25) is 0 Å². The van der Waals surface area contributed by atoms with E-state index >= 15 is 0 Å². The van der Waals surface area contributed by atoms with Gasteiger partial charge in [0.25, 0.3) is 10.0 Å². The molecule has 0 spiro atoms. The molecule has 31 heavy (non-hydrogen) atoms. The van der Waals surface area contributed by atoms with Gasteiger partial charge in [-0.25, -0.2) is 22.2 Å². The lowest BCUT2D eigenvalue weighted by atomic mass is 10.2. The van der Waals surface area contributed by atoms with Crippen molar-refractivity contribution in [2.24, 2.45) is 0 Å². The number of nitrogens with zero attached hydrogens (tertiary/aromatic N) is 3. The molecule has 0 bridgehead atoms. The van der Waals surface area contributed by atoms with Crippen LogP contribution in [0.3, 0.4) is 0 Å². The second kappa shape index (κ2) is 8.25. The molecule has 0 aliphatic heterocycles. The summed E-state index contributed by atoms with van der Waals surface area (Å²) >= 11 is 7.30. The third kappa shape index (κ3) is 4.38. The molecule has 0 radical (unpaired) electrons. The van der Waals surface area contributed by atoms with Crippen LogP contribution in [0.2, 0.25) is 5.02 Å². The first-order chi connectivity index (χ1) is 14.7. The number of aromatic amines is 1. The van der Waals surface area contributed by atoms with Gasteiger partial charge in [0.05, 0.1) is 16.4 Å². The minimum atomic E-state index is -4.19. The third-order valence-corrected chi connectivity index (χ3v) is 6.68. The fourth-order valence-corrected chi connectivity index (χ4v) is 4.97. The van der Waals surface area contributed by atoms with Crippen LogP contribution in [0.25, 0.3) is 0 Å². The van der Waals surface area contributed by atoms with Gasteiger partial charge >= 0.3 is 0 Å². The van der Waals surface area contributed by atoms with Crippen molar-refractivity contribution < 1.29 is 17.2 Å². The van der Waals surface area contributed by atoms with Crippen molar-refractivity contribution in [1.29, 1.82) is 0 Å². The molecule has 0 aliphatic carbocycles. The Balaban J connectivity index is 1.78. The molecule has 0 amide bonds. The van der Waals surface area contributed by atoms with Gasteiger partial charge in [-0.15, -0.1) is 11.3 Å². The Hall–Kier alpha value is -3.02. The average Bonchev–Trinajstić information content (AvgIpc) is 3.35. The van der Waals surface area contributed by atoms with Crippen LogP contribution in [0.4, 0.5) is 31.1 Å². The number of hydrogen-bond donors (Lipinski definition) is 2. The van der Waals surface area contributed by atoms with Gasteiger partial charge in [0.15, 0.2) is 10.9 Å². The van der Waals surface area contributed by atoms with E-state index in [0.717, 1.165) is 35.2 Å². The van der Waals surface area contributed by atoms with Crippen molar-refractivity contribution >= 4 is 55.3 Å². The summed E-state index contributed by atoms with van der Waals surface area (Å²) in [5.41, 5.74) is 1.31. The Morgan fingerprint density at radius 3 is 2.58 bits per heavy atom. The highest BCUT2D eigenvalue weighted by atomic mass is 35.5. The summed E-state index contributed by atoms with van der Waals surface area (Å²) in [5.74, 6) is -1.16. The number of rotatable bonds is 6. The number of halogens is 3. The van der Waals surface area contributed by atoms with E-state index in [9.17, 15) is 17.2 Å². The summed E-state index contributed by atoms with van der Waals surface area (Å²) in [7, 11) is -4.19. The number of anilines is 4. The van der Waals surface area contributed by atoms with Crippen molar-refractivity contribution in [3.05, 3.63) is 76.4 Å². The lowest BCUT2D eigenvalue weighted by Gasteiger charge is -2.24. The zero-order chi connectivity index (χ0) is 22.2. The predicted octanol–water partition coefficient (Wildman–Crippen LogP) is 5.38. The van der Waals surface area contributed by atoms with Crippen molar-refractivity contribution in [3.63, 3.8) is 0 Å². The minimum absolute atomic E-state index is 0.0724. The summed E-state index contributed by atoms with van der Waals surface area (Å²) in [5, 5.41) is 8.74. The van der Waals surface area contributed by atoms with Crippen LogP contribution in [-0.4, -0.2) is 23.6 Å². The van der Waals surface area contributed by atoms with E-state index in [-0.39, 0.29) is 15.8 Å². The molecule has 0 unspecified atom stereocenters. The normalized spacial score (nSPS) is 11.5. The number of aromatic nitrogens is 3. The van der Waals surface area contributed by atoms with Crippen molar-refractivity contribution in [2.45, 2.75) is 11.8 Å². The largest absolute Gasteiger partial charge is 0.292 e. The lowest BCUT2D eigenvalue weighted by Crippen LogP contribution is -2.16.